The summed E-state index contributed by atoms with van der Waals surface area (Å²) in [5.74, 6) is -0.506. The van der Waals surface area contributed by atoms with Crippen LogP contribution in [0.2, 0.25) is 5.02 Å². The number of nitrogen functional groups attached to an aromatic ring is 1. The minimum Gasteiger partial charge on any atom is -0.397 e. The average Bonchev–Trinajstić information content (AvgIpc) is 2.58. The summed E-state index contributed by atoms with van der Waals surface area (Å²) in [5, 5.41) is 4.06. The van der Waals surface area contributed by atoms with Crippen molar-refractivity contribution >= 4 is 17.3 Å². The van der Waals surface area contributed by atoms with Gasteiger partial charge in [-0.1, -0.05) is 11.6 Å². The lowest BCUT2D eigenvalue weighted by atomic mass is 10.2. The van der Waals surface area contributed by atoms with Crippen LogP contribution in [0.1, 0.15) is 5.56 Å². The lowest BCUT2D eigenvalue weighted by molar-refractivity contribution is 0.626. The summed E-state index contributed by atoms with van der Waals surface area (Å²) in [7, 11) is 0. The first-order chi connectivity index (χ1) is 7.08. The second kappa shape index (κ2) is 3.55. The fourth-order valence-corrected chi connectivity index (χ4v) is 1.47. The van der Waals surface area contributed by atoms with E-state index in [4.69, 9.17) is 17.3 Å². The van der Waals surface area contributed by atoms with Crippen LogP contribution in [0, 0.1) is 12.7 Å². The predicted molar refractivity (Wildman–Crippen MR) is 57.7 cm³/mol. The van der Waals surface area contributed by atoms with Gasteiger partial charge in [0, 0.05) is 12.3 Å². The second-order valence-electron chi connectivity index (χ2n) is 3.29. The summed E-state index contributed by atoms with van der Waals surface area (Å²) in [5.41, 5.74) is 7.58. The summed E-state index contributed by atoms with van der Waals surface area (Å²) in [6, 6.07) is 2.65. The van der Waals surface area contributed by atoms with Crippen LogP contribution in [0.15, 0.2) is 24.5 Å². The number of nitrogens with zero attached hydrogens (tertiary/aromatic N) is 2. The fourth-order valence-electron chi connectivity index (χ4n) is 1.29. The molecule has 2 aromatic rings. The van der Waals surface area contributed by atoms with Gasteiger partial charge >= 0.3 is 0 Å². The molecule has 2 rings (SSSR count). The summed E-state index contributed by atoms with van der Waals surface area (Å²) in [6.07, 6.45) is 3.44. The van der Waals surface area contributed by atoms with E-state index in [9.17, 15) is 4.39 Å². The van der Waals surface area contributed by atoms with Crippen molar-refractivity contribution < 1.29 is 4.39 Å². The quantitative estimate of drug-likeness (QED) is 0.758. The van der Waals surface area contributed by atoms with E-state index in [1.54, 1.807) is 12.4 Å². The smallest absolute Gasteiger partial charge is 0.144 e. The highest BCUT2D eigenvalue weighted by Crippen LogP contribution is 2.24. The van der Waals surface area contributed by atoms with Crippen molar-refractivity contribution in [1.82, 2.24) is 9.78 Å². The number of halogens is 2. The summed E-state index contributed by atoms with van der Waals surface area (Å²) >= 11 is 5.59. The third-order valence-corrected chi connectivity index (χ3v) is 2.32. The van der Waals surface area contributed by atoms with Crippen LogP contribution in [-0.4, -0.2) is 9.78 Å². The van der Waals surface area contributed by atoms with E-state index >= 15 is 0 Å². The van der Waals surface area contributed by atoms with Gasteiger partial charge in [-0.3, -0.25) is 0 Å². The standard InChI is InChI=1S/C10H9ClFN3/c1-6-4-14-15(5-6)10-3-8(12)7(11)2-9(10)13/h2-5H,13H2,1H3. The lowest BCUT2D eigenvalue weighted by Crippen LogP contribution is -2.01. The van der Waals surface area contributed by atoms with E-state index in [0.29, 0.717) is 11.4 Å². The van der Waals surface area contributed by atoms with Gasteiger partial charge in [-0.25, -0.2) is 9.07 Å². The largest absolute Gasteiger partial charge is 0.397 e. The molecule has 0 bridgehead atoms. The Kier molecular flexibility index (Phi) is 2.36. The maximum atomic E-state index is 13.2. The number of rotatable bonds is 1. The third-order valence-electron chi connectivity index (χ3n) is 2.03. The molecule has 1 heterocycles. The second-order valence-corrected chi connectivity index (χ2v) is 3.69. The van der Waals surface area contributed by atoms with Gasteiger partial charge in [0.25, 0.3) is 0 Å². The topological polar surface area (TPSA) is 43.8 Å². The minimum atomic E-state index is -0.506. The van der Waals surface area contributed by atoms with Crippen LogP contribution >= 0.6 is 11.6 Å². The van der Waals surface area contributed by atoms with Crippen molar-refractivity contribution in [3.05, 3.63) is 40.9 Å². The van der Waals surface area contributed by atoms with Crippen LogP contribution in [0.3, 0.4) is 0 Å². The Morgan fingerprint density at radius 2 is 2.20 bits per heavy atom. The molecular weight excluding hydrogens is 217 g/mol. The highest BCUT2D eigenvalue weighted by molar-refractivity contribution is 6.31. The van der Waals surface area contributed by atoms with E-state index < -0.39 is 5.82 Å². The molecule has 5 heteroatoms. The molecule has 0 saturated heterocycles. The molecule has 0 spiro atoms. The Bertz CT molecular complexity index is 507. The van der Waals surface area contributed by atoms with Gasteiger partial charge in [-0.2, -0.15) is 5.10 Å². The molecule has 0 radical (unpaired) electrons. The monoisotopic (exact) mass is 225 g/mol. The molecule has 3 nitrogen and oxygen atoms in total. The molecule has 1 aromatic heterocycles. The Morgan fingerprint density at radius 3 is 2.80 bits per heavy atom. The number of anilines is 1. The highest BCUT2D eigenvalue weighted by atomic mass is 35.5. The molecule has 1 aromatic carbocycles. The highest BCUT2D eigenvalue weighted by Gasteiger charge is 2.08. The molecule has 0 unspecified atom stereocenters. The predicted octanol–water partition coefficient (Wildman–Crippen LogP) is 2.56. The zero-order valence-corrected chi connectivity index (χ0v) is 8.79. The molecule has 0 atom stereocenters. The first-order valence-electron chi connectivity index (χ1n) is 4.34. The number of aryl methyl sites for hydroxylation is 1. The molecule has 15 heavy (non-hydrogen) atoms. The first kappa shape index (κ1) is 9.98. The third kappa shape index (κ3) is 1.80. The summed E-state index contributed by atoms with van der Waals surface area (Å²) in [4.78, 5) is 0. The van der Waals surface area contributed by atoms with Gasteiger partial charge in [-0.05, 0) is 18.6 Å². The van der Waals surface area contributed by atoms with Gasteiger partial charge in [0.05, 0.1) is 22.6 Å². The molecule has 0 aliphatic rings. The Labute approximate surface area is 91.3 Å². The molecule has 0 aliphatic heterocycles. The van der Waals surface area contributed by atoms with Crippen LogP contribution in [0.4, 0.5) is 10.1 Å². The fraction of sp³-hybridized carbons (Fsp3) is 0.100. The van der Waals surface area contributed by atoms with E-state index in [0.717, 1.165) is 5.56 Å². The Hall–Kier alpha value is -1.55. The van der Waals surface area contributed by atoms with E-state index in [1.165, 1.54) is 16.8 Å². The first-order valence-corrected chi connectivity index (χ1v) is 4.72. The number of hydrogen-bond donors (Lipinski definition) is 1. The Balaban J connectivity index is 2.58. The molecule has 0 saturated carbocycles. The molecule has 78 valence electrons. The van der Waals surface area contributed by atoms with Gasteiger partial charge in [0.1, 0.15) is 5.82 Å². The van der Waals surface area contributed by atoms with Crippen molar-refractivity contribution in [3.63, 3.8) is 0 Å². The number of nitrogens with two attached hydrogens (primary N) is 1. The van der Waals surface area contributed by atoms with Crippen LogP contribution in [-0.2, 0) is 0 Å². The van der Waals surface area contributed by atoms with Crippen molar-refractivity contribution in [1.29, 1.82) is 0 Å². The summed E-state index contributed by atoms with van der Waals surface area (Å²) in [6.45, 7) is 1.89. The Morgan fingerprint density at radius 1 is 1.47 bits per heavy atom. The van der Waals surface area contributed by atoms with Gasteiger partial charge in [0.15, 0.2) is 0 Å². The molecular formula is C10H9ClFN3. The maximum Gasteiger partial charge on any atom is 0.144 e. The normalized spacial score (nSPS) is 10.6. The summed E-state index contributed by atoms with van der Waals surface area (Å²) < 4.78 is 14.7. The van der Waals surface area contributed by atoms with E-state index in [-0.39, 0.29) is 5.02 Å². The number of benzene rings is 1. The van der Waals surface area contributed by atoms with Gasteiger partial charge < -0.3 is 5.73 Å². The van der Waals surface area contributed by atoms with Crippen LogP contribution in [0.25, 0.3) is 5.69 Å². The van der Waals surface area contributed by atoms with Crippen molar-refractivity contribution in [2.75, 3.05) is 5.73 Å². The van der Waals surface area contributed by atoms with Gasteiger partial charge in [0.2, 0.25) is 0 Å². The molecule has 0 aliphatic carbocycles. The van der Waals surface area contributed by atoms with Gasteiger partial charge in [-0.15, -0.1) is 0 Å². The van der Waals surface area contributed by atoms with Crippen molar-refractivity contribution in [2.24, 2.45) is 0 Å². The zero-order valence-electron chi connectivity index (χ0n) is 8.04. The van der Waals surface area contributed by atoms with Crippen molar-refractivity contribution in [3.8, 4) is 5.69 Å². The minimum absolute atomic E-state index is 0.0140. The SMILES string of the molecule is Cc1cnn(-c2cc(F)c(Cl)cc2N)c1. The van der Waals surface area contributed by atoms with Crippen LogP contribution in [0.5, 0.6) is 0 Å². The zero-order chi connectivity index (χ0) is 11.0. The number of hydrogen-bond acceptors (Lipinski definition) is 2. The molecule has 2 N–H and O–H groups in total. The molecule has 0 fully saturated rings. The lowest BCUT2D eigenvalue weighted by Gasteiger charge is -2.06. The van der Waals surface area contributed by atoms with E-state index in [1.807, 2.05) is 6.92 Å². The number of aromatic nitrogens is 2. The maximum absolute atomic E-state index is 13.2. The van der Waals surface area contributed by atoms with Crippen molar-refractivity contribution in [2.45, 2.75) is 6.92 Å². The average molecular weight is 226 g/mol. The molecule has 0 amide bonds. The van der Waals surface area contributed by atoms with Crippen LogP contribution < -0.4 is 5.73 Å². The van der Waals surface area contributed by atoms with E-state index in [2.05, 4.69) is 5.10 Å².